The van der Waals surface area contributed by atoms with Gasteiger partial charge in [-0.1, -0.05) is 23.7 Å². The Kier molecular flexibility index (Phi) is 5.11. The second kappa shape index (κ2) is 6.85. The SMILES string of the molecule is CC(NC(=O)c1ccc(Cl)c(F)c1)C(O)c1ccc(F)cc1. The average molecular weight is 326 g/mol. The standard InChI is InChI=1S/C16H14ClF2NO2/c1-9(15(21)10-2-5-12(18)6-3-10)20-16(22)11-4-7-13(17)14(19)8-11/h2-9,15,21H,1H3,(H,20,22). The molecule has 2 atom stereocenters. The van der Waals surface area contributed by atoms with E-state index in [1.807, 2.05) is 0 Å². The molecule has 0 fully saturated rings. The predicted molar refractivity (Wildman–Crippen MR) is 79.7 cm³/mol. The number of rotatable bonds is 4. The number of carbonyl (C=O) groups is 1. The highest BCUT2D eigenvalue weighted by Crippen LogP contribution is 2.19. The first-order valence-corrected chi connectivity index (χ1v) is 6.95. The number of amides is 1. The second-order valence-corrected chi connectivity index (χ2v) is 5.29. The van der Waals surface area contributed by atoms with Crippen LogP contribution in [0.15, 0.2) is 42.5 Å². The van der Waals surface area contributed by atoms with E-state index in [-0.39, 0.29) is 10.6 Å². The van der Waals surface area contributed by atoms with Gasteiger partial charge in [0.25, 0.3) is 5.91 Å². The third-order valence-electron chi connectivity index (χ3n) is 3.23. The molecule has 22 heavy (non-hydrogen) atoms. The second-order valence-electron chi connectivity index (χ2n) is 4.89. The molecule has 1 amide bonds. The van der Waals surface area contributed by atoms with Gasteiger partial charge in [0.2, 0.25) is 0 Å². The maximum absolute atomic E-state index is 13.3. The van der Waals surface area contributed by atoms with Gasteiger partial charge in [0, 0.05) is 5.56 Å². The smallest absolute Gasteiger partial charge is 0.251 e. The van der Waals surface area contributed by atoms with Crippen LogP contribution in [0.4, 0.5) is 8.78 Å². The van der Waals surface area contributed by atoms with Crippen LogP contribution in [-0.2, 0) is 0 Å². The normalized spacial score (nSPS) is 13.5. The summed E-state index contributed by atoms with van der Waals surface area (Å²) in [5.74, 6) is -1.64. The zero-order valence-corrected chi connectivity index (χ0v) is 12.4. The van der Waals surface area contributed by atoms with Crippen molar-refractivity contribution >= 4 is 17.5 Å². The van der Waals surface area contributed by atoms with Crippen molar-refractivity contribution in [2.75, 3.05) is 0 Å². The Balaban J connectivity index is 2.07. The van der Waals surface area contributed by atoms with Gasteiger partial charge in [-0.15, -0.1) is 0 Å². The van der Waals surface area contributed by atoms with Crippen LogP contribution in [0.3, 0.4) is 0 Å². The number of carbonyl (C=O) groups excluding carboxylic acids is 1. The summed E-state index contributed by atoms with van der Waals surface area (Å²) in [6, 6.07) is 8.37. The highest BCUT2D eigenvalue weighted by atomic mass is 35.5. The van der Waals surface area contributed by atoms with Crippen molar-refractivity contribution in [1.82, 2.24) is 5.32 Å². The van der Waals surface area contributed by atoms with E-state index in [1.165, 1.54) is 36.4 Å². The fourth-order valence-corrected chi connectivity index (χ4v) is 2.07. The van der Waals surface area contributed by atoms with E-state index >= 15 is 0 Å². The molecule has 3 nitrogen and oxygen atoms in total. The lowest BCUT2D eigenvalue weighted by atomic mass is 10.0. The Bertz CT molecular complexity index is 676. The van der Waals surface area contributed by atoms with Gasteiger partial charge in [-0.2, -0.15) is 0 Å². The molecule has 0 spiro atoms. The van der Waals surface area contributed by atoms with Crippen LogP contribution in [0.2, 0.25) is 5.02 Å². The lowest BCUT2D eigenvalue weighted by Crippen LogP contribution is -2.37. The number of aliphatic hydroxyl groups is 1. The monoisotopic (exact) mass is 325 g/mol. The summed E-state index contributed by atoms with van der Waals surface area (Å²) in [5, 5.41) is 12.6. The van der Waals surface area contributed by atoms with Crippen LogP contribution in [0, 0.1) is 11.6 Å². The van der Waals surface area contributed by atoms with Gasteiger partial charge in [-0.05, 0) is 42.8 Å². The van der Waals surface area contributed by atoms with Gasteiger partial charge in [0.05, 0.1) is 17.2 Å². The van der Waals surface area contributed by atoms with Crippen LogP contribution in [-0.4, -0.2) is 17.1 Å². The predicted octanol–water partition coefficient (Wildman–Crippen LogP) is 3.47. The van der Waals surface area contributed by atoms with Gasteiger partial charge < -0.3 is 10.4 Å². The Labute approximate surface area is 131 Å². The van der Waals surface area contributed by atoms with E-state index in [0.717, 1.165) is 6.07 Å². The van der Waals surface area contributed by atoms with Crippen molar-refractivity contribution in [3.05, 3.63) is 70.2 Å². The molecule has 0 aliphatic heterocycles. The van der Waals surface area contributed by atoms with Crippen molar-refractivity contribution < 1.29 is 18.7 Å². The fraction of sp³-hybridized carbons (Fsp3) is 0.188. The number of benzene rings is 2. The number of nitrogens with one attached hydrogen (secondary N) is 1. The maximum Gasteiger partial charge on any atom is 0.251 e. The molecule has 2 rings (SSSR count). The minimum atomic E-state index is -1.01. The van der Waals surface area contributed by atoms with E-state index in [0.29, 0.717) is 5.56 Å². The fourth-order valence-electron chi connectivity index (χ4n) is 1.96. The number of halogens is 3. The van der Waals surface area contributed by atoms with E-state index in [9.17, 15) is 18.7 Å². The Morgan fingerprint density at radius 1 is 1.18 bits per heavy atom. The highest BCUT2D eigenvalue weighted by Gasteiger charge is 2.19. The highest BCUT2D eigenvalue weighted by molar-refractivity contribution is 6.30. The Morgan fingerprint density at radius 2 is 1.82 bits per heavy atom. The summed E-state index contributed by atoms with van der Waals surface area (Å²) in [7, 11) is 0. The first-order valence-electron chi connectivity index (χ1n) is 6.58. The van der Waals surface area contributed by atoms with E-state index < -0.39 is 29.7 Å². The zero-order valence-electron chi connectivity index (χ0n) is 11.7. The van der Waals surface area contributed by atoms with Crippen molar-refractivity contribution in [3.63, 3.8) is 0 Å². The molecular formula is C16H14ClF2NO2. The van der Waals surface area contributed by atoms with Crippen LogP contribution in [0.25, 0.3) is 0 Å². The van der Waals surface area contributed by atoms with E-state index in [4.69, 9.17) is 11.6 Å². The average Bonchev–Trinajstić information content (AvgIpc) is 2.50. The summed E-state index contributed by atoms with van der Waals surface area (Å²) in [6.45, 7) is 1.60. The number of hydrogen-bond acceptors (Lipinski definition) is 2. The molecule has 0 aromatic heterocycles. The molecule has 0 aliphatic rings. The van der Waals surface area contributed by atoms with Gasteiger partial charge in [0.15, 0.2) is 0 Å². The zero-order chi connectivity index (χ0) is 16.3. The minimum absolute atomic E-state index is 0.0732. The Hall–Kier alpha value is -1.98. The largest absolute Gasteiger partial charge is 0.386 e. The third-order valence-corrected chi connectivity index (χ3v) is 3.53. The molecule has 0 saturated heterocycles. The van der Waals surface area contributed by atoms with E-state index in [1.54, 1.807) is 6.92 Å². The van der Waals surface area contributed by atoms with Crippen molar-refractivity contribution in [2.24, 2.45) is 0 Å². The third kappa shape index (κ3) is 3.81. The molecule has 2 aromatic rings. The number of hydrogen-bond donors (Lipinski definition) is 2. The first-order chi connectivity index (χ1) is 10.4. The Morgan fingerprint density at radius 3 is 2.41 bits per heavy atom. The molecule has 2 N–H and O–H groups in total. The van der Waals surface area contributed by atoms with Gasteiger partial charge in [-0.25, -0.2) is 8.78 Å². The molecule has 0 bridgehead atoms. The van der Waals surface area contributed by atoms with Gasteiger partial charge in [0.1, 0.15) is 11.6 Å². The first kappa shape index (κ1) is 16.4. The summed E-state index contributed by atoms with van der Waals surface area (Å²) >= 11 is 5.56. The molecule has 2 aromatic carbocycles. The molecule has 0 aliphatic carbocycles. The van der Waals surface area contributed by atoms with Crippen LogP contribution >= 0.6 is 11.6 Å². The van der Waals surface area contributed by atoms with Crippen molar-refractivity contribution in [1.29, 1.82) is 0 Å². The molecule has 0 saturated carbocycles. The number of aliphatic hydroxyl groups excluding tert-OH is 1. The molecular weight excluding hydrogens is 312 g/mol. The summed E-state index contributed by atoms with van der Waals surface area (Å²) in [4.78, 5) is 12.0. The molecule has 116 valence electrons. The van der Waals surface area contributed by atoms with Gasteiger partial charge >= 0.3 is 0 Å². The van der Waals surface area contributed by atoms with E-state index in [2.05, 4.69) is 5.32 Å². The maximum atomic E-state index is 13.3. The van der Waals surface area contributed by atoms with Gasteiger partial charge in [-0.3, -0.25) is 4.79 Å². The lowest BCUT2D eigenvalue weighted by Gasteiger charge is -2.20. The van der Waals surface area contributed by atoms with Crippen LogP contribution in [0.5, 0.6) is 0 Å². The van der Waals surface area contributed by atoms with Crippen LogP contribution in [0.1, 0.15) is 28.9 Å². The van der Waals surface area contributed by atoms with Crippen molar-refractivity contribution in [3.8, 4) is 0 Å². The lowest BCUT2D eigenvalue weighted by molar-refractivity contribution is 0.0851. The summed E-state index contributed by atoms with van der Waals surface area (Å²) in [6.07, 6.45) is -1.01. The molecule has 6 heteroatoms. The molecule has 0 radical (unpaired) electrons. The quantitative estimate of drug-likeness (QED) is 0.904. The summed E-state index contributed by atoms with van der Waals surface area (Å²) in [5.41, 5.74) is 0.566. The topological polar surface area (TPSA) is 49.3 Å². The molecule has 2 unspecified atom stereocenters. The summed E-state index contributed by atoms with van der Waals surface area (Å²) < 4.78 is 26.2. The van der Waals surface area contributed by atoms with Crippen LogP contribution < -0.4 is 5.32 Å². The molecule has 0 heterocycles. The van der Waals surface area contributed by atoms with Crippen molar-refractivity contribution in [2.45, 2.75) is 19.1 Å². The minimum Gasteiger partial charge on any atom is -0.386 e.